The molecular weight excluding hydrogens is 224 g/mol. The number of sulfonamides is 1. The number of halogens is 2. The average Bonchev–Trinajstić information content (AvgIpc) is 2.79. The van der Waals surface area contributed by atoms with E-state index in [4.69, 9.17) is 5.14 Å². The van der Waals surface area contributed by atoms with Crippen molar-refractivity contribution in [1.82, 2.24) is 0 Å². The van der Waals surface area contributed by atoms with Crippen LogP contribution in [-0.4, -0.2) is 8.42 Å². The van der Waals surface area contributed by atoms with Crippen molar-refractivity contribution in [3.8, 4) is 0 Å². The van der Waals surface area contributed by atoms with E-state index < -0.39 is 26.4 Å². The lowest BCUT2D eigenvalue weighted by Gasteiger charge is -2.12. The summed E-state index contributed by atoms with van der Waals surface area (Å²) < 4.78 is 47.1. The first-order chi connectivity index (χ1) is 6.85. The molecule has 3 nitrogen and oxygen atoms in total. The Morgan fingerprint density at radius 3 is 1.93 bits per heavy atom. The molecule has 0 amide bonds. The van der Waals surface area contributed by atoms with Gasteiger partial charge in [-0.25, -0.2) is 22.3 Å². The molecule has 0 spiro atoms. The number of hydrogen-bond donors (Lipinski definition) is 1. The molecule has 1 aromatic rings. The van der Waals surface area contributed by atoms with Crippen LogP contribution in [-0.2, 0) is 14.8 Å². The van der Waals surface area contributed by atoms with Crippen molar-refractivity contribution in [2.75, 3.05) is 0 Å². The number of primary sulfonamides is 1. The Hall–Kier alpha value is -1.01. The van der Waals surface area contributed by atoms with Crippen LogP contribution in [0.4, 0.5) is 8.78 Å². The van der Waals surface area contributed by atoms with E-state index >= 15 is 0 Å². The van der Waals surface area contributed by atoms with Gasteiger partial charge in [-0.15, -0.1) is 0 Å². The summed E-state index contributed by atoms with van der Waals surface area (Å²) in [6, 6.07) is 2.73. The lowest BCUT2D eigenvalue weighted by molar-refractivity contribution is 0.569. The number of hydrogen-bond acceptors (Lipinski definition) is 2. The van der Waals surface area contributed by atoms with Gasteiger partial charge in [-0.3, -0.25) is 0 Å². The molecule has 0 aliphatic heterocycles. The number of rotatable bonds is 2. The molecule has 2 rings (SSSR count). The lowest BCUT2D eigenvalue weighted by Crippen LogP contribution is -2.28. The summed E-state index contributed by atoms with van der Waals surface area (Å²) in [7, 11) is -3.81. The Bertz CT molecular complexity index is 489. The van der Waals surface area contributed by atoms with Gasteiger partial charge in [0.25, 0.3) is 0 Å². The Morgan fingerprint density at radius 2 is 1.60 bits per heavy atom. The Morgan fingerprint density at radius 1 is 1.13 bits per heavy atom. The maximum Gasteiger partial charge on any atom is 0.219 e. The highest BCUT2D eigenvalue weighted by molar-refractivity contribution is 7.90. The Kier molecular flexibility index (Phi) is 2.09. The van der Waals surface area contributed by atoms with Crippen molar-refractivity contribution in [1.29, 1.82) is 0 Å². The lowest BCUT2D eigenvalue weighted by atomic mass is 10.1. The minimum absolute atomic E-state index is 0.0995. The molecule has 6 heteroatoms. The monoisotopic (exact) mass is 233 g/mol. The molecule has 15 heavy (non-hydrogen) atoms. The summed E-state index contributed by atoms with van der Waals surface area (Å²) in [4.78, 5) is 0. The normalized spacial score (nSPS) is 18.9. The minimum atomic E-state index is -3.81. The van der Waals surface area contributed by atoms with E-state index in [0.717, 1.165) is 12.1 Å². The Labute approximate surface area is 86.0 Å². The highest BCUT2D eigenvalue weighted by Crippen LogP contribution is 2.51. The zero-order chi connectivity index (χ0) is 11.3. The third-order valence-electron chi connectivity index (χ3n) is 2.64. The van der Waals surface area contributed by atoms with Gasteiger partial charge in [0.1, 0.15) is 16.4 Å². The maximum absolute atomic E-state index is 12.9. The van der Waals surface area contributed by atoms with Crippen molar-refractivity contribution in [3.05, 3.63) is 35.4 Å². The molecule has 0 saturated heterocycles. The first-order valence-electron chi connectivity index (χ1n) is 4.34. The second-order valence-electron chi connectivity index (χ2n) is 3.70. The molecule has 82 valence electrons. The fourth-order valence-electron chi connectivity index (χ4n) is 1.67. The minimum Gasteiger partial charge on any atom is -0.228 e. The van der Waals surface area contributed by atoms with Crippen LogP contribution in [0.1, 0.15) is 18.4 Å². The molecule has 0 bridgehead atoms. The average molecular weight is 233 g/mol. The van der Waals surface area contributed by atoms with Crippen LogP contribution in [0.3, 0.4) is 0 Å². The molecule has 0 heterocycles. The predicted octanol–water partition coefficient (Wildman–Crippen LogP) is 1.24. The van der Waals surface area contributed by atoms with Crippen molar-refractivity contribution in [3.63, 3.8) is 0 Å². The van der Waals surface area contributed by atoms with Gasteiger partial charge in [-0.2, -0.15) is 0 Å². The molecule has 1 aliphatic rings. The second kappa shape index (κ2) is 2.99. The Balaban J connectivity index is 2.56. The fraction of sp³-hybridized carbons (Fsp3) is 0.333. The van der Waals surface area contributed by atoms with Crippen molar-refractivity contribution in [2.24, 2.45) is 5.14 Å². The molecule has 1 saturated carbocycles. The molecule has 0 unspecified atom stereocenters. The van der Waals surface area contributed by atoms with Gasteiger partial charge in [0.05, 0.1) is 0 Å². The zero-order valence-corrected chi connectivity index (χ0v) is 8.52. The molecule has 1 aromatic carbocycles. The van der Waals surface area contributed by atoms with Gasteiger partial charge in [0, 0.05) is 6.07 Å². The fourth-order valence-corrected chi connectivity index (χ4v) is 2.79. The van der Waals surface area contributed by atoms with Crippen molar-refractivity contribution in [2.45, 2.75) is 17.6 Å². The molecule has 0 aromatic heterocycles. The summed E-state index contributed by atoms with van der Waals surface area (Å²) in [6.07, 6.45) is 0.628. The van der Waals surface area contributed by atoms with Gasteiger partial charge in [0.15, 0.2) is 0 Å². The van der Waals surface area contributed by atoms with Gasteiger partial charge in [-0.1, -0.05) is 0 Å². The van der Waals surface area contributed by atoms with Crippen molar-refractivity contribution < 1.29 is 17.2 Å². The predicted molar refractivity (Wildman–Crippen MR) is 50.4 cm³/mol. The van der Waals surface area contributed by atoms with Crippen LogP contribution in [0, 0.1) is 11.6 Å². The summed E-state index contributed by atoms with van der Waals surface area (Å²) in [5, 5.41) is 5.04. The molecule has 0 atom stereocenters. The third kappa shape index (κ3) is 1.63. The first-order valence-corrected chi connectivity index (χ1v) is 5.89. The van der Waals surface area contributed by atoms with E-state index in [0.29, 0.717) is 18.9 Å². The van der Waals surface area contributed by atoms with Crippen LogP contribution in [0.2, 0.25) is 0 Å². The molecule has 2 N–H and O–H groups in total. The quantitative estimate of drug-likeness (QED) is 0.835. The second-order valence-corrected chi connectivity index (χ2v) is 5.57. The van der Waals surface area contributed by atoms with Gasteiger partial charge in [0.2, 0.25) is 10.0 Å². The zero-order valence-electron chi connectivity index (χ0n) is 7.70. The van der Waals surface area contributed by atoms with E-state index in [1.54, 1.807) is 0 Å². The van der Waals surface area contributed by atoms with Crippen LogP contribution in [0.25, 0.3) is 0 Å². The maximum atomic E-state index is 12.9. The molecule has 0 radical (unpaired) electrons. The summed E-state index contributed by atoms with van der Waals surface area (Å²) >= 11 is 0. The standard InChI is InChI=1S/C9H9F2NO2S/c10-7-3-6(4-8(11)5-7)9(1-2-9)15(12,13)14/h3-5H,1-2H2,(H2,12,13,14). The molecular formula is C9H9F2NO2S. The largest absolute Gasteiger partial charge is 0.228 e. The van der Waals surface area contributed by atoms with E-state index in [2.05, 4.69) is 0 Å². The van der Waals surface area contributed by atoms with Crippen LogP contribution in [0.15, 0.2) is 18.2 Å². The van der Waals surface area contributed by atoms with Crippen LogP contribution in [0.5, 0.6) is 0 Å². The highest BCUT2D eigenvalue weighted by atomic mass is 32.2. The number of benzene rings is 1. The number of nitrogens with two attached hydrogens (primary N) is 1. The molecule has 1 fully saturated rings. The smallest absolute Gasteiger partial charge is 0.219 e. The summed E-state index contributed by atoms with van der Waals surface area (Å²) in [6.45, 7) is 0. The van der Waals surface area contributed by atoms with Gasteiger partial charge < -0.3 is 0 Å². The third-order valence-corrected chi connectivity index (χ3v) is 4.37. The topological polar surface area (TPSA) is 60.2 Å². The summed E-state index contributed by atoms with van der Waals surface area (Å²) in [5.74, 6) is -1.58. The van der Waals surface area contributed by atoms with Gasteiger partial charge >= 0.3 is 0 Å². The van der Waals surface area contributed by atoms with E-state index in [-0.39, 0.29) is 5.56 Å². The van der Waals surface area contributed by atoms with Crippen molar-refractivity contribution >= 4 is 10.0 Å². The summed E-state index contributed by atoms with van der Waals surface area (Å²) in [5.41, 5.74) is 0.0995. The van der Waals surface area contributed by atoms with Gasteiger partial charge in [-0.05, 0) is 30.5 Å². The van der Waals surface area contributed by atoms with E-state index in [1.165, 1.54) is 0 Å². The molecule has 1 aliphatic carbocycles. The highest BCUT2D eigenvalue weighted by Gasteiger charge is 2.54. The van der Waals surface area contributed by atoms with E-state index in [9.17, 15) is 17.2 Å². The SMILES string of the molecule is NS(=O)(=O)C1(c2cc(F)cc(F)c2)CC1. The van der Waals surface area contributed by atoms with Crippen LogP contribution < -0.4 is 5.14 Å². The van der Waals surface area contributed by atoms with E-state index in [1.807, 2.05) is 0 Å². The van der Waals surface area contributed by atoms with Crippen LogP contribution >= 0.6 is 0 Å². The first kappa shape index (κ1) is 10.5.